The minimum Gasteiger partial charge on any atom is -0.493 e. The fraction of sp³-hybridized carbons (Fsp3) is 0.316. The average Bonchev–Trinajstić information content (AvgIpc) is 3.04. The van der Waals surface area contributed by atoms with Crippen LogP contribution in [-0.2, 0) is 0 Å². The topological polar surface area (TPSA) is 68.9 Å². The molecular formula is C19H22IN3O2. The molecule has 0 fully saturated rings. The molecule has 4 rings (SSSR count). The molecule has 2 aliphatic rings. The van der Waals surface area contributed by atoms with Crippen molar-refractivity contribution in [2.75, 3.05) is 19.8 Å². The van der Waals surface area contributed by atoms with Gasteiger partial charge < -0.3 is 20.5 Å². The first kappa shape index (κ1) is 17.8. The number of ether oxygens (including phenoxy) is 2. The Hall–Kier alpha value is -1.96. The number of hydrogen-bond donors (Lipinski definition) is 2. The van der Waals surface area contributed by atoms with Gasteiger partial charge in [0.05, 0.1) is 25.8 Å². The molecule has 2 atom stereocenters. The van der Waals surface area contributed by atoms with Crippen LogP contribution in [0.4, 0.5) is 0 Å². The monoisotopic (exact) mass is 451 g/mol. The largest absolute Gasteiger partial charge is 0.493 e. The standard InChI is InChI=1S/C19H21N3O2.HI/c20-19(21-11-13-12-24-17-7-3-1-5-14(13)17)22-16-9-10-23-18-8-4-2-6-15(16)18;/h1-8,13,16H,9-12H2,(H3,20,21,22);1H. The number of nitrogens with two attached hydrogens (primary N) is 1. The van der Waals surface area contributed by atoms with Gasteiger partial charge in [0.2, 0.25) is 0 Å². The van der Waals surface area contributed by atoms with E-state index >= 15 is 0 Å². The number of guanidine groups is 1. The van der Waals surface area contributed by atoms with E-state index in [1.807, 2.05) is 36.4 Å². The van der Waals surface area contributed by atoms with Gasteiger partial charge in [-0.1, -0.05) is 36.4 Å². The maximum Gasteiger partial charge on any atom is 0.189 e. The Morgan fingerprint density at radius 3 is 2.52 bits per heavy atom. The SMILES string of the molecule is I.NC(=NCC1COc2ccccc21)NC1CCOc2ccccc21. The zero-order valence-corrected chi connectivity index (χ0v) is 16.2. The third kappa shape index (κ3) is 3.84. The molecule has 0 radical (unpaired) electrons. The lowest BCUT2D eigenvalue weighted by Gasteiger charge is -2.27. The lowest BCUT2D eigenvalue weighted by atomic mass is 10.0. The molecule has 2 unspecified atom stereocenters. The van der Waals surface area contributed by atoms with E-state index in [4.69, 9.17) is 15.2 Å². The molecule has 0 aliphatic carbocycles. The van der Waals surface area contributed by atoms with Crippen molar-refractivity contribution >= 4 is 29.9 Å². The molecule has 2 heterocycles. The Morgan fingerprint density at radius 2 is 1.72 bits per heavy atom. The molecule has 2 aromatic carbocycles. The minimum atomic E-state index is 0. The molecule has 0 bridgehead atoms. The van der Waals surface area contributed by atoms with E-state index in [-0.39, 0.29) is 35.9 Å². The number of aliphatic imine (C=N–C) groups is 1. The van der Waals surface area contributed by atoms with Crippen LogP contribution in [0, 0.1) is 0 Å². The van der Waals surface area contributed by atoms with Gasteiger partial charge in [-0.2, -0.15) is 0 Å². The fourth-order valence-corrected chi connectivity index (χ4v) is 3.31. The number of nitrogens with zero attached hydrogens (tertiary/aromatic N) is 1. The second-order valence-corrected chi connectivity index (χ2v) is 6.14. The third-order valence-electron chi connectivity index (χ3n) is 4.56. The summed E-state index contributed by atoms with van der Waals surface area (Å²) in [7, 11) is 0. The van der Waals surface area contributed by atoms with Crippen molar-refractivity contribution in [3.05, 3.63) is 59.7 Å². The molecule has 6 heteroatoms. The van der Waals surface area contributed by atoms with Gasteiger partial charge in [0.25, 0.3) is 0 Å². The van der Waals surface area contributed by atoms with Gasteiger partial charge >= 0.3 is 0 Å². The molecule has 132 valence electrons. The van der Waals surface area contributed by atoms with Crippen LogP contribution in [0.5, 0.6) is 11.5 Å². The summed E-state index contributed by atoms with van der Waals surface area (Å²) in [5.74, 6) is 2.62. The Morgan fingerprint density at radius 1 is 1.04 bits per heavy atom. The number of rotatable bonds is 3. The Bertz CT molecular complexity index is 766. The number of benzene rings is 2. The number of para-hydroxylation sites is 2. The molecule has 5 nitrogen and oxygen atoms in total. The van der Waals surface area contributed by atoms with Gasteiger partial charge in [0.1, 0.15) is 11.5 Å². The Balaban J connectivity index is 0.00000182. The van der Waals surface area contributed by atoms with Gasteiger partial charge in [0.15, 0.2) is 5.96 Å². The summed E-state index contributed by atoms with van der Waals surface area (Å²) >= 11 is 0. The summed E-state index contributed by atoms with van der Waals surface area (Å²) in [5, 5.41) is 3.33. The van der Waals surface area contributed by atoms with E-state index in [9.17, 15) is 0 Å². The van der Waals surface area contributed by atoms with E-state index in [0.29, 0.717) is 25.7 Å². The van der Waals surface area contributed by atoms with Crippen molar-refractivity contribution in [2.45, 2.75) is 18.4 Å². The maximum absolute atomic E-state index is 6.12. The smallest absolute Gasteiger partial charge is 0.189 e. The van der Waals surface area contributed by atoms with Crippen LogP contribution < -0.4 is 20.5 Å². The maximum atomic E-state index is 6.12. The van der Waals surface area contributed by atoms with E-state index in [1.165, 1.54) is 5.56 Å². The highest BCUT2D eigenvalue weighted by Crippen LogP contribution is 2.34. The molecule has 0 saturated carbocycles. The zero-order chi connectivity index (χ0) is 16.4. The first-order chi connectivity index (χ1) is 11.8. The second kappa shape index (κ2) is 7.95. The van der Waals surface area contributed by atoms with Crippen LogP contribution in [-0.4, -0.2) is 25.7 Å². The normalized spacial score (nSPS) is 21.2. The number of nitrogens with one attached hydrogen (secondary N) is 1. The van der Waals surface area contributed by atoms with E-state index in [1.54, 1.807) is 0 Å². The number of hydrogen-bond acceptors (Lipinski definition) is 3. The molecule has 3 N–H and O–H groups in total. The highest BCUT2D eigenvalue weighted by molar-refractivity contribution is 14.0. The number of halogens is 1. The highest BCUT2D eigenvalue weighted by Gasteiger charge is 2.24. The highest BCUT2D eigenvalue weighted by atomic mass is 127. The molecule has 0 spiro atoms. The van der Waals surface area contributed by atoms with Crippen molar-refractivity contribution in [2.24, 2.45) is 10.7 Å². The van der Waals surface area contributed by atoms with Crippen molar-refractivity contribution < 1.29 is 9.47 Å². The van der Waals surface area contributed by atoms with Crippen molar-refractivity contribution in [3.8, 4) is 11.5 Å². The zero-order valence-electron chi connectivity index (χ0n) is 13.9. The van der Waals surface area contributed by atoms with Crippen molar-refractivity contribution in [1.29, 1.82) is 0 Å². The second-order valence-electron chi connectivity index (χ2n) is 6.14. The summed E-state index contributed by atoms with van der Waals surface area (Å²) in [6.45, 7) is 1.97. The summed E-state index contributed by atoms with van der Waals surface area (Å²) in [6, 6.07) is 16.3. The van der Waals surface area contributed by atoms with Crippen LogP contribution in [0.25, 0.3) is 0 Å². The van der Waals surface area contributed by atoms with Crippen molar-refractivity contribution in [3.63, 3.8) is 0 Å². The van der Waals surface area contributed by atoms with Gasteiger partial charge in [0, 0.05) is 23.5 Å². The quantitative estimate of drug-likeness (QED) is 0.427. The third-order valence-corrected chi connectivity index (χ3v) is 4.56. The van der Waals surface area contributed by atoms with E-state index in [2.05, 4.69) is 22.4 Å². The fourth-order valence-electron chi connectivity index (χ4n) is 3.31. The molecule has 2 aliphatic heterocycles. The Labute approximate surface area is 164 Å². The van der Waals surface area contributed by atoms with Crippen LogP contribution in [0.3, 0.4) is 0 Å². The molecule has 0 saturated heterocycles. The summed E-state index contributed by atoms with van der Waals surface area (Å²) in [4.78, 5) is 4.53. The van der Waals surface area contributed by atoms with E-state index < -0.39 is 0 Å². The average molecular weight is 451 g/mol. The first-order valence-corrected chi connectivity index (χ1v) is 8.31. The number of fused-ring (bicyclic) bond motifs is 2. The molecule has 25 heavy (non-hydrogen) atoms. The first-order valence-electron chi connectivity index (χ1n) is 8.31. The van der Waals surface area contributed by atoms with Crippen LogP contribution >= 0.6 is 24.0 Å². The van der Waals surface area contributed by atoms with Gasteiger partial charge in [-0.05, 0) is 12.1 Å². The van der Waals surface area contributed by atoms with Crippen LogP contribution in [0.1, 0.15) is 29.5 Å². The van der Waals surface area contributed by atoms with Gasteiger partial charge in [-0.15, -0.1) is 24.0 Å². The van der Waals surface area contributed by atoms with Crippen molar-refractivity contribution in [1.82, 2.24) is 5.32 Å². The predicted octanol–water partition coefficient (Wildman–Crippen LogP) is 3.21. The lowest BCUT2D eigenvalue weighted by molar-refractivity contribution is 0.262. The summed E-state index contributed by atoms with van der Waals surface area (Å²) in [5.41, 5.74) is 8.47. The van der Waals surface area contributed by atoms with Crippen LogP contribution in [0.15, 0.2) is 53.5 Å². The molecule has 2 aromatic rings. The van der Waals surface area contributed by atoms with E-state index in [0.717, 1.165) is 23.5 Å². The molecule has 0 aromatic heterocycles. The predicted molar refractivity (Wildman–Crippen MR) is 109 cm³/mol. The molecule has 0 amide bonds. The summed E-state index contributed by atoms with van der Waals surface area (Å²) in [6.07, 6.45) is 0.878. The Kier molecular flexibility index (Phi) is 5.67. The van der Waals surface area contributed by atoms with Gasteiger partial charge in [-0.3, -0.25) is 4.99 Å². The van der Waals surface area contributed by atoms with Crippen LogP contribution in [0.2, 0.25) is 0 Å². The summed E-state index contributed by atoms with van der Waals surface area (Å²) < 4.78 is 11.4. The van der Waals surface area contributed by atoms with Gasteiger partial charge in [-0.25, -0.2) is 0 Å². The lowest BCUT2D eigenvalue weighted by Crippen LogP contribution is -2.37. The molecular weight excluding hydrogens is 429 g/mol. The minimum absolute atomic E-state index is 0.